The maximum atomic E-state index is 12.6. The van der Waals surface area contributed by atoms with Crippen LogP contribution >= 0.6 is 0 Å². The number of carbonyl (C=O) groups is 2. The number of nitrogens with one attached hydrogen (secondary N) is 2. The van der Waals surface area contributed by atoms with Gasteiger partial charge in [0.05, 0.1) is 49.6 Å². The molecule has 0 aliphatic carbocycles. The van der Waals surface area contributed by atoms with Crippen LogP contribution in [0.15, 0.2) is 54.6 Å². The van der Waals surface area contributed by atoms with Gasteiger partial charge in [0, 0.05) is 56.9 Å². The summed E-state index contributed by atoms with van der Waals surface area (Å²) in [5, 5.41) is 65.5. The molecule has 51 heavy (non-hydrogen) atoms. The Morgan fingerprint density at radius 2 is 1.00 bits per heavy atom. The Bertz CT molecular complexity index is 1490. The average Bonchev–Trinajstić information content (AvgIpc) is 3.10. The minimum absolute atomic E-state index is 0.0504. The van der Waals surface area contributed by atoms with Crippen molar-refractivity contribution in [2.24, 2.45) is 11.8 Å². The highest BCUT2D eigenvalue weighted by molar-refractivity contribution is 5.95. The van der Waals surface area contributed by atoms with Gasteiger partial charge in [0.2, 0.25) is 11.8 Å². The number of aliphatic hydroxyl groups excluding tert-OH is 4. The fourth-order valence-electron chi connectivity index (χ4n) is 6.27. The number of aryl methyl sites for hydroxylation is 2. The van der Waals surface area contributed by atoms with Gasteiger partial charge in [-0.25, -0.2) is 0 Å². The lowest BCUT2D eigenvalue weighted by molar-refractivity contribution is -0.123. The molecule has 1 fully saturated rings. The fourth-order valence-corrected chi connectivity index (χ4v) is 6.27. The van der Waals surface area contributed by atoms with Crippen molar-refractivity contribution in [2.75, 3.05) is 76.3 Å². The maximum Gasteiger partial charge on any atom is 0.232 e. The van der Waals surface area contributed by atoms with Crippen molar-refractivity contribution >= 4 is 23.2 Å². The molecule has 3 aromatic carbocycles. The highest BCUT2D eigenvalue weighted by atomic mass is 16.3. The van der Waals surface area contributed by atoms with Crippen LogP contribution in [0.5, 0.6) is 11.5 Å². The number of anilines is 2. The number of aromatic hydroxyl groups is 2. The topological polar surface area (TPSA) is 189 Å². The van der Waals surface area contributed by atoms with E-state index in [1.54, 1.807) is 12.1 Å². The van der Waals surface area contributed by atoms with E-state index < -0.39 is 50.1 Å². The number of phenols is 2. The molecule has 1 saturated heterocycles. The summed E-state index contributed by atoms with van der Waals surface area (Å²) < 4.78 is 0. The van der Waals surface area contributed by atoms with Crippen LogP contribution in [0.25, 0.3) is 0 Å². The molecule has 4 rings (SSSR count). The largest absolute Gasteiger partial charge is 0.505 e. The third-order valence-corrected chi connectivity index (χ3v) is 9.26. The highest BCUT2D eigenvalue weighted by Crippen LogP contribution is 2.32. The number of nitrogens with zero attached hydrogens (tertiary/aromatic N) is 3. The summed E-state index contributed by atoms with van der Waals surface area (Å²) in [4.78, 5) is 32.1. The number of amides is 2. The first-order valence-corrected chi connectivity index (χ1v) is 17.5. The third kappa shape index (κ3) is 11.5. The van der Waals surface area contributed by atoms with Crippen LogP contribution in [0, 0.1) is 25.7 Å². The molecule has 278 valence electrons. The van der Waals surface area contributed by atoms with Crippen LogP contribution in [-0.2, 0) is 29.2 Å². The Morgan fingerprint density at radius 3 is 1.39 bits per heavy atom. The highest BCUT2D eigenvalue weighted by Gasteiger charge is 2.23. The molecule has 0 radical (unpaired) electrons. The van der Waals surface area contributed by atoms with Gasteiger partial charge >= 0.3 is 0 Å². The molecule has 3 aromatic rings. The van der Waals surface area contributed by atoms with Crippen molar-refractivity contribution in [2.45, 2.75) is 39.9 Å². The Kier molecular flexibility index (Phi) is 15.2. The van der Waals surface area contributed by atoms with Gasteiger partial charge in [-0.05, 0) is 62.2 Å². The van der Waals surface area contributed by atoms with Crippen molar-refractivity contribution in [3.05, 3.63) is 82.4 Å². The number of benzene rings is 3. The van der Waals surface area contributed by atoms with Crippen LogP contribution < -0.4 is 10.6 Å². The quantitative estimate of drug-likeness (QED) is 0.115. The van der Waals surface area contributed by atoms with Gasteiger partial charge in [0.1, 0.15) is 11.5 Å². The van der Waals surface area contributed by atoms with Gasteiger partial charge in [-0.1, -0.05) is 42.5 Å². The van der Waals surface area contributed by atoms with Crippen LogP contribution in [0.3, 0.4) is 0 Å². The molecular weight excluding hydrogens is 654 g/mol. The molecule has 13 nitrogen and oxygen atoms in total. The van der Waals surface area contributed by atoms with E-state index in [1.165, 1.54) is 5.56 Å². The normalized spacial score (nSPS) is 15.3. The van der Waals surface area contributed by atoms with E-state index in [4.69, 9.17) is 0 Å². The monoisotopic (exact) mass is 707 g/mol. The zero-order chi connectivity index (χ0) is 36.9. The standard InChI is InChI=1S/C38H53N5O8/c1-26-15-29(35(48)33(17-26)39-37(50)31(22-44)23-45)20-41-9-6-10-42(12-14-43(13-11-41)19-28-7-4-3-5-8-28)21-30-16-27(2)18-34(36(30)49)40-38(51)32(24-46)25-47/h3-5,7-8,15-18,31-32,44-49H,6,9-14,19-25H2,1-2H3,(H,39,50)(H,40,51). The number of aliphatic hydroxyl groups is 4. The zero-order valence-corrected chi connectivity index (χ0v) is 29.6. The van der Waals surface area contributed by atoms with E-state index >= 15 is 0 Å². The maximum absolute atomic E-state index is 12.6. The van der Waals surface area contributed by atoms with Gasteiger partial charge in [-0.15, -0.1) is 0 Å². The number of rotatable bonds is 14. The second-order valence-corrected chi connectivity index (χ2v) is 13.4. The summed E-state index contributed by atoms with van der Waals surface area (Å²) in [5.74, 6) is -3.24. The molecule has 0 saturated carbocycles. The first-order chi connectivity index (χ1) is 24.5. The van der Waals surface area contributed by atoms with Gasteiger partial charge in [-0.2, -0.15) is 0 Å². The van der Waals surface area contributed by atoms with E-state index in [1.807, 2.05) is 44.2 Å². The SMILES string of the molecule is Cc1cc(CN2CCCN(Cc3cc(C)cc(NC(=O)C(CO)CO)c3O)CCN(Cc3ccccc3)CC2)c(O)c(NC(=O)C(CO)CO)c1. The molecule has 1 heterocycles. The van der Waals surface area contributed by atoms with Crippen molar-refractivity contribution < 1.29 is 40.2 Å². The summed E-state index contributed by atoms with van der Waals surface area (Å²) in [6, 6.07) is 17.4. The first kappa shape index (κ1) is 39.7. The fraction of sp³-hybridized carbons (Fsp3) is 0.474. The van der Waals surface area contributed by atoms with Gasteiger partial charge < -0.3 is 41.3 Å². The van der Waals surface area contributed by atoms with Crippen molar-refractivity contribution in [1.82, 2.24) is 14.7 Å². The molecule has 0 aromatic heterocycles. The summed E-state index contributed by atoms with van der Waals surface area (Å²) in [7, 11) is 0. The molecule has 2 amide bonds. The minimum Gasteiger partial charge on any atom is -0.505 e. The Labute approximate surface area is 299 Å². The predicted octanol–water partition coefficient (Wildman–Crippen LogP) is 2.00. The lowest BCUT2D eigenvalue weighted by Crippen LogP contribution is -2.42. The molecule has 0 bridgehead atoms. The second-order valence-electron chi connectivity index (χ2n) is 13.4. The van der Waals surface area contributed by atoms with Crippen LogP contribution in [0.2, 0.25) is 0 Å². The molecule has 0 unspecified atom stereocenters. The number of hydrogen-bond acceptors (Lipinski definition) is 11. The van der Waals surface area contributed by atoms with Crippen LogP contribution in [0.4, 0.5) is 11.4 Å². The molecule has 0 atom stereocenters. The number of carbonyl (C=O) groups excluding carboxylic acids is 2. The van der Waals surface area contributed by atoms with E-state index in [0.29, 0.717) is 37.3 Å². The first-order valence-electron chi connectivity index (χ1n) is 17.5. The molecular formula is C38H53N5O8. The van der Waals surface area contributed by atoms with Crippen molar-refractivity contribution in [3.8, 4) is 11.5 Å². The van der Waals surface area contributed by atoms with Crippen molar-refractivity contribution in [1.29, 1.82) is 0 Å². The predicted molar refractivity (Wildman–Crippen MR) is 195 cm³/mol. The molecule has 1 aliphatic heterocycles. The summed E-state index contributed by atoms with van der Waals surface area (Å²) in [6.45, 7) is 7.76. The van der Waals surface area contributed by atoms with E-state index in [9.17, 15) is 40.2 Å². The number of phenolic OH excluding ortho intramolecular Hbond substituents is 2. The Morgan fingerprint density at radius 1 is 0.608 bits per heavy atom. The smallest absolute Gasteiger partial charge is 0.232 e. The van der Waals surface area contributed by atoms with E-state index in [2.05, 4.69) is 37.5 Å². The summed E-state index contributed by atoms with van der Waals surface area (Å²) in [5.41, 5.74) is 4.65. The van der Waals surface area contributed by atoms with Crippen LogP contribution in [-0.4, -0.2) is 123 Å². The van der Waals surface area contributed by atoms with Gasteiger partial charge in [0.25, 0.3) is 0 Å². The molecule has 0 spiro atoms. The molecule has 1 aliphatic rings. The second kappa shape index (κ2) is 19.5. The molecule has 8 N–H and O–H groups in total. The third-order valence-electron chi connectivity index (χ3n) is 9.26. The Hall–Kier alpha value is -4.08. The summed E-state index contributed by atoms with van der Waals surface area (Å²) >= 11 is 0. The average molecular weight is 708 g/mol. The van der Waals surface area contributed by atoms with E-state index in [0.717, 1.165) is 50.3 Å². The lowest BCUT2D eigenvalue weighted by atomic mass is 10.1. The zero-order valence-electron chi connectivity index (χ0n) is 29.6. The van der Waals surface area contributed by atoms with Gasteiger partial charge in [-0.3, -0.25) is 24.3 Å². The van der Waals surface area contributed by atoms with E-state index in [-0.39, 0.29) is 22.9 Å². The molecule has 13 heteroatoms. The number of hydrogen-bond donors (Lipinski definition) is 8. The Balaban J connectivity index is 1.55. The minimum atomic E-state index is -0.995. The summed E-state index contributed by atoms with van der Waals surface area (Å²) in [6.07, 6.45) is 0.800. The van der Waals surface area contributed by atoms with Crippen molar-refractivity contribution in [3.63, 3.8) is 0 Å². The van der Waals surface area contributed by atoms with Gasteiger partial charge in [0.15, 0.2) is 0 Å². The lowest BCUT2D eigenvalue weighted by Gasteiger charge is -2.33. The van der Waals surface area contributed by atoms with Crippen LogP contribution in [0.1, 0.15) is 34.2 Å².